The van der Waals surface area contributed by atoms with Gasteiger partial charge in [-0.2, -0.15) is 5.10 Å². The Morgan fingerprint density at radius 1 is 1.36 bits per heavy atom. The lowest BCUT2D eigenvalue weighted by molar-refractivity contribution is 0.774. The molecule has 1 heterocycles. The number of nitrogens with two attached hydrogens (primary N) is 1. The first kappa shape index (κ1) is 8.74. The molecule has 4 heteroatoms. The Labute approximate surface area is 82.4 Å². The number of aryl methyl sites for hydroxylation is 2. The van der Waals surface area contributed by atoms with Gasteiger partial charge in [0.15, 0.2) is 5.82 Å². The van der Waals surface area contributed by atoms with E-state index in [1.54, 1.807) is 11.0 Å². The summed E-state index contributed by atoms with van der Waals surface area (Å²) in [6.07, 6.45) is 1.54. The molecule has 0 aliphatic heterocycles. The van der Waals surface area contributed by atoms with E-state index in [4.69, 9.17) is 5.73 Å². The zero-order chi connectivity index (χ0) is 10.1. The monoisotopic (exact) mass is 188 g/mol. The highest BCUT2D eigenvalue weighted by atomic mass is 15.3. The predicted octanol–water partition coefficient (Wildman–Crippen LogP) is 1.37. The molecule has 0 unspecified atom stereocenters. The molecule has 1 aromatic carbocycles. The van der Waals surface area contributed by atoms with Crippen LogP contribution in [0.3, 0.4) is 0 Å². The van der Waals surface area contributed by atoms with E-state index in [0.717, 1.165) is 22.6 Å². The molecule has 0 amide bonds. The van der Waals surface area contributed by atoms with Crippen molar-refractivity contribution < 1.29 is 0 Å². The van der Waals surface area contributed by atoms with Crippen LogP contribution in [-0.2, 0) is 7.05 Å². The highest BCUT2D eigenvalue weighted by Gasteiger charge is 2.04. The fourth-order valence-electron chi connectivity index (χ4n) is 1.37. The predicted molar refractivity (Wildman–Crippen MR) is 55.6 cm³/mol. The molecule has 0 saturated carbocycles. The first-order chi connectivity index (χ1) is 6.68. The van der Waals surface area contributed by atoms with Crippen molar-refractivity contribution in [2.24, 2.45) is 7.05 Å². The van der Waals surface area contributed by atoms with Gasteiger partial charge in [-0.1, -0.05) is 0 Å². The van der Waals surface area contributed by atoms with E-state index in [9.17, 15) is 0 Å². The molecule has 14 heavy (non-hydrogen) atoms. The maximum Gasteiger partial charge on any atom is 0.157 e. The Kier molecular flexibility index (Phi) is 1.96. The van der Waals surface area contributed by atoms with Crippen molar-refractivity contribution in [3.63, 3.8) is 0 Å². The average Bonchev–Trinajstić information content (AvgIpc) is 2.57. The third-order valence-electron chi connectivity index (χ3n) is 2.24. The minimum atomic E-state index is 0.802. The van der Waals surface area contributed by atoms with Gasteiger partial charge in [0.05, 0.1) is 0 Å². The summed E-state index contributed by atoms with van der Waals surface area (Å²) >= 11 is 0. The number of rotatable bonds is 1. The fourth-order valence-corrected chi connectivity index (χ4v) is 1.37. The van der Waals surface area contributed by atoms with E-state index < -0.39 is 0 Å². The van der Waals surface area contributed by atoms with Crippen molar-refractivity contribution in [3.05, 3.63) is 30.1 Å². The van der Waals surface area contributed by atoms with E-state index >= 15 is 0 Å². The van der Waals surface area contributed by atoms with E-state index in [2.05, 4.69) is 10.1 Å². The largest absolute Gasteiger partial charge is 0.399 e. The second-order valence-corrected chi connectivity index (χ2v) is 3.28. The van der Waals surface area contributed by atoms with Gasteiger partial charge in [0.25, 0.3) is 0 Å². The lowest BCUT2D eigenvalue weighted by Gasteiger charge is -2.03. The SMILES string of the molecule is Cc1cc(-c2ncnn2C)ccc1N. The molecule has 0 aliphatic rings. The molecule has 0 spiro atoms. The molecule has 2 N–H and O–H groups in total. The number of benzene rings is 1. The topological polar surface area (TPSA) is 56.7 Å². The first-order valence-corrected chi connectivity index (χ1v) is 4.39. The van der Waals surface area contributed by atoms with Crippen molar-refractivity contribution in [2.75, 3.05) is 5.73 Å². The van der Waals surface area contributed by atoms with Crippen molar-refractivity contribution in [1.82, 2.24) is 14.8 Å². The zero-order valence-corrected chi connectivity index (χ0v) is 8.23. The van der Waals surface area contributed by atoms with Gasteiger partial charge >= 0.3 is 0 Å². The molecule has 0 bridgehead atoms. The van der Waals surface area contributed by atoms with Gasteiger partial charge in [-0.25, -0.2) is 9.67 Å². The van der Waals surface area contributed by atoms with Crippen LogP contribution in [0.5, 0.6) is 0 Å². The Morgan fingerprint density at radius 2 is 2.14 bits per heavy atom. The van der Waals surface area contributed by atoms with Gasteiger partial charge in [0.1, 0.15) is 6.33 Å². The average molecular weight is 188 g/mol. The van der Waals surface area contributed by atoms with Crippen LogP contribution < -0.4 is 5.73 Å². The highest BCUT2D eigenvalue weighted by molar-refractivity contribution is 5.61. The van der Waals surface area contributed by atoms with Gasteiger partial charge in [-0.15, -0.1) is 0 Å². The van der Waals surface area contributed by atoms with Crippen molar-refractivity contribution >= 4 is 5.69 Å². The summed E-state index contributed by atoms with van der Waals surface area (Å²) in [7, 11) is 1.87. The molecule has 0 aliphatic carbocycles. The minimum absolute atomic E-state index is 0.802. The molecule has 72 valence electrons. The van der Waals surface area contributed by atoms with Crippen molar-refractivity contribution in [3.8, 4) is 11.4 Å². The van der Waals surface area contributed by atoms with Crippen molar-refractivity contribution in [1.29, 1.82) is 0 Å². The summed E-state index contributed by atoms with van der Waals surface area (Å²) in [5, 5.41) is 4.02. The number of aromatic nitrogens is 3. The van der Waals surface area contributed by atoms with Gasteiger partial charge in [-0.05, 0) is 30.7 Å². The summed E-state index contributed by atoms with van der Waals surface area (Å²) in [5.74, 6) is 0.855. The van der Waals surface area contributed by atoms with Gasteiger partial charge in [-0.3, -0.25) is 0 Å². The Bertz CT molecular complexity index is 459. The van der Waals surface area contributed by atoms with Gasteiger partial charge < -0.3 is 5.73 Å². The third-order valence-corrected chi connectivity index (χ3v) is 2.24. The Hall–Kier alpha value is -1.84. The van der Waals surface area contributed by atoms with Crippen LogP contribution in [0.4, 0.5) is 5.69 Å². The summed E-state index contributed by atoms with van der Waals surface area (Å²) in [4.78, 5) is 4.17. The summed E-state index contributed by atoms with van der Waals surface area (Å²) < 4.78 is 1.74. The summed E-state index contributed by atoms with van der Waals surface area (Å²) in [6.45, 7) is 1.98. The van der Waals surface area contributed by atoms with Crippen LogP contribution in [0.2, 0.25) is 0 Å². The number of nitrogens with zero attached hydrogens (tertiary/aromatic N) is 3. The van der Waals surface area contributed by atoms with Crippen LogP contribution in [0, 0.1) is 6.92 Å². The standard InChI is InChI=1S/C10H12N4/c1-7-5-8(3-4-9(7)11)10-12-6-13-14(10)2/h3-6H,11H2,1-2H3. The zero-order valence-electron chi connectivity index (χ0n) is 8.23. The molecule has 2 rings (SSSR count). The van der Waals surface area contributed by atoms with Crippen LogP contribution in [0.15, 0.2) is 24.5 Å². The molecule has 4 nitrogen and oxygen atoms in total. The second kappa shape index (κ2) is 3.14. The van der Waals surface area contributed by atoms with Crippen LogP contribution in [-0.4, -0.2) is 14.8 Å². The lowest BCUT2D eigenvalue weighted by Crippen LogP contribution is -1.96. The Morgan fingerprint density at radius 3 is 2.71 bits per heavy atom. The maximum atomic E-state index is 5.74. The van der Waals surface area contributed by atoms with E-state index in [1.165, 1.54) is 0 Å². The second-order valence-electron chi connectivity index (χ2n) is 3.28. The molecule has 0 atom stereocenters. The van der Waals surface area contributed by atoms with Crippen molar-refractivity contribution in [2.45, 2.75) is 6.92 Å². The molecule has 0 saturated heterocycles. The number of anilines is 1. The van der Waals surface area contributed by atoms with Crippen LogP contribution in [0.1, 0.15) is 5.56 Å². The molecular weight excluding hydrogens is 176 g/mol. The minimum Gasteiger partial charge on any atom is -0.399 e. The van der Waals surface area contributed by atoms with E-state index in [-0.39, 0.29) is 0 Å². The summed E-state index contributed by atoms with van der Waals surface area (Å²) in [6, 6.07) is 5.85. The number of hydrogen-bond acceptors (Lipinski definition) is 3. The highest BCUT2D eigenvalue weighted by Crippen LogP contribution is 2.20. The van der Waals surface area contributed by atoms with Crippen LogP contribution >= 0.6 is 0 Å². The lowest BCUT2D eigenvalue weighted by atomic mass is 10.1. The quantitative estimate of drug-likeness (QED) is 0.688. The third kappa shape index (κ3) is 1.35. The first-order valence-electron chi connectivity index (χ1n) is 4.39. The molecule has 0 radical (unpaired) electrons. The van der Waals surface area contributed by atoms with Gasteiger partial charge in [0.2, 0.25) is 0 Å². The molecule has 2 aromatic rings. The smallest absolute Gasteiger partial charge is 0.157 e. The fraction of sp³-hybridized carbons (Fsp3) is 0.200. The number of nitrogen functional groups attached to an aromatic ring is 1. The molecule has 0 fully saturated rings. The van der Waals surface area contributed by atoms with Gasteiger partial charge in [0, 0.05) is 18.3 Å². The number of hydrogen-bond donors (Lipinski definition) is 1. The normalized spacial score (nSPS) is 10.4. The molecular formula is C10H12N4. The van der Waals surface area contributed by atoms with Crippen LogP contribution in [0.25, 0.3) is 11.4 Å². The maximum absolute atomic E-state index is 5.74. The van der Waals surface area contributed by atoms with E-state index in [1.807, 2.05) is 32.2 Å². The van der Waals surface area contributed by atoms with E-state index in [0.29, 0.717) is 0 Å². The molecule has 1 aromatic heterocycles. The summed E-state index contributed by atoms with van der Waals surface area (Å²) in [5.41, 5.74) is 8.64. The Balaban J connectivity index is 2.53.